The molecule has 0 saturated heterocycles. The van der Waals surface area contributed by atoms with E-state index in [1.54, 1.807) is 0 Å². The minimum atomic E-state index is 0. The van der Waals surface area contributed by atoms with Gasteiger partial charge in [-0.15, -0.1) is 101 Å². The normalized spacial score (nSPS) is 11.2. The van der Waals surface area contributed by atoms with Crippen LogP contribution in [-0.2, 0) is 45.8 Å². The summed E-state index contributed by atoms with van der Waals surface area (Å²) in [4.78, 5) is 14.2. The number of fused-ring (bicyclic) bond motifs is 3. The number of hydrogen-bond acceptors (Lipinski definition) is 3. The van der Waals surface area contributed by atoms with Gasteiger partial charge in [-0.2, -0.15) is 0 Å². The van der Waals surface area contributed by atoms with Crippen LogP contribution >= 0.6 is 0 Å². The molecule has 0 aliphatic carbocycles. The van der Waals surface area contributed by atoms with Crippen molar-refractivity contribution in [2.24, 2.45) is 0 Å². The number of pyridine rings is 3. The van der Waals surface area contributed by atoms with Crippen molar-refractivity contribution in [2.45, 2.75) is 53.4 Å². The summed E-state index contributed by atoms with van der Waals surface area (Å²) in [6.45, 7) is 8.47. The van der Waals surface area contributed by atoms with Crippen LogP contribution in [0.5, 0.6) is 0 Å². The van der Waals surface area contributed by atoms with Gasteiger partial charge < -0.3 is 15.0 Å². The number of aromatic nitrogens is 3. The zero-order chi connectivity index (χ0) is 47.6. The second-order valence-corrected chi connectivity index (χ2v) is 18.8. The van der Waals surface area contributed by atoms with E-state index in [1.165, 1.54) is 88.3 Å². The van der Waals surface area contributed by atoms with Crippen LogP contribution in [0.1, 0.15) is 44.5 Å². The van der Waals surface area contributed by atoms with Crippen molar-refractivity contribution in [1.82, 2.24) is 15.0 Å². The molecule has 344 valence electrons. The SMILES string of the molecule is Cc1cnc(-c2[c-]cc(CCc3cc(CCc4c[c-]c(-c5cc(C)c(C)cn5)cc4)cc(-c4ccccc4-c4c[c-]c(-c5cc(-c6ccc7c(ccc8ccccc87)c6)ccn5)cc4)c3)cc2)cc1C.[Ir+3]. The third kappa shape index (κ3) is 10.3. The third-order valence-electron chi connectivity index (χ3n) is 14.0. The molecule has 11 rings (SSSR count). The van der Waals surface area contributed by atoms with Crippen LogP contribution in [0.3, 0.4) is 0 Å². The maximum Gasteiger partial charge on any atom is 3.00 e. The Hall–Kier alpha value is -7.62. The summed E-state index contributed by atoms with van der Waals surface area (Å²) in [5.41, 5.74) is 22.9. The summed E-state index contributed by atoms with van der Waals surface area (Å²) in [6, 6.07) is 74.5. The van der Waals surface area contributed by atoms with Gasteiger partial charge in [0, 0.05) is 18.6 Å². The summed E-state index contributed by atoms with van der Waals surface area (Å²) >= 11 is 0. The Bertz CT molecular complexity index is 3570. The Morgan fingerprint density at radius 1 is 0.352 bits per heavy atom. The largest absolute Gasteiger partial charge is 3.00 e. The van der Waals surface area contributed by atoms with Gasteiger partial charge in [0.15, 0.2) is 0 Å². The first-order chi connectivity index (χ1) is 34.3. The van der Waals surface area contributed by atoms with Gasteiger partial charge in [-0.05, 0) is 136 Å². The summed E-state index contributed by atoms with van der Waals surface area (Å²) in [6.07, 6.45) is 9.45. The van der Waals surface area contributed by atoms with Crippen molar-refractivity contribution < 1.29 is 20.1 Å². The van der Waals surface area contributed by atoms with E-state index < -0.39 is 0 Å². The molecule has 0 amide bonds. The van der Waals surface area contributed by atoms with Gasteiger partial charge in [0.25, 0.3) is 0 Å². The molecule has 0 N–H and O–H groups in total. The minimum Gasteiger partial charge on any atom is -0.305 e. The average Bonchev–Trinajstić information content (AvgIpc) is 3.41. The molecule has 0 radical (unpaired) electrons. The van der Waals surface area contributed by atoms with Crippen molar-refractivity contribution in [2.75, 3.05) is 0 Å². The van der Waals surface area contributed by atoms with E-state index >= 15 is 0 Å². The molecule has 0 aliphatic rings. The van der Waals surface area contributed by atoms with Crippen molar-refractivity contribution in [3.8, 4) is 67.2 Å². The molecule has 8 aromatic carbocycles. The summed E-state index contributed by atoms with van der Waals surface area (Å²) in [5.74, 6) is 0. The van der Waals surface area contributed by atoms with Crippen LogP contribution in [0.4, 0.5) is 0 Å². The molecule has 4 heteroatoms. The first-order valence-corrected chi connectivity index (χ1v) is 24.3. The van der Waals surface area contributed by atoms with Gasteiger partial charge in [-0.3, -0.25) is 0 Å². The van der Waals surface area contributed by atoms with Crippen LogP contribution in [0.15, 0.2) is 195 Å². The topological polar surface area (TPSA) is 38.7 Å². The number of rotatable bonds is 12. The van der Waals surface area contributed by atoms with E-state index in [0.717, 1.165) is 70.6 Å². The van der Waals surface area contributed by atoms with Gasteiger partial charge >= 0.3 is 20.1 Å². The Balaban J connectivity index is 0.00000582. The zero-order valence-electron chi connectivity index (χ0n) is 40.5. The quantitative estimate of drug-likeness (QED) is 0.0904. The summed E-state index contributed by atoms with van der Waals surface area (Å²) in [5, 5.41) is 5.03. The number of benzene rings is 8. The molecule has 0 atom stereocenters. The van der Waals surface area contributed by atoms with Crippen LogP contribution in [0.2, 0.25) is 0 Å². The Morgan fingerprint density at radius 2 is 0.859 bits per heavy atom. The van der Waals surface area contributed by atoms with Crippen LogP contribution < -0.4 is 0 Å². The van der Waals surface area contributed by atoms with Crippen LogP contribution in [0.25, 0.3) is 88.7 Å². The van der Waals surface area contributed by atoms with Crippen LogP contribution in [-0.4, -0.2) is 15.0 Å². The molecule has 0 spiro atoms. The smallest absolute Gasteiger partial charge is 0.305 e. The van der Waals surface area contributed by atoms with Crippen molar-refractivity contribution in [3.05, 3.63) is 257 Å². The van der Waals surface area contributed by atoms with E-state index in [2.05, 4.69) is 232 Å². The molecule has 0 aliphatic heterocycles. The standard InChI is InChI=1S/C67H52N3.Ir/c1-44-35-65(69-42-46(44)3)54-21-17-48(18-22-54)13-15-50-37-51(16-14-49-19-23-55(24-20-49)66-36-45(2)47(4)43-70-66)39-60(38-50)63-12-8-7-11-62(63)53-25-28-56(29-26-53)67-41-58(33-34-68-67)57-31-32-64-59(40-57)30-27-52-9-5-6-10-61(52)64;/h5-12,17-21,23,25-28,30-43H,13-16H2,1-4H3;/q-3;+3. The molecule has 71 heavy (non-hydrogen) atoms. The van der Waals surface area contributed by atoms with Gasteiger partial charge in [0.05, 0.1) is 0 Å². The summed E-state index contributed by atoms with van der Waals surface area (Å²) in [7, 11) is 0. The molecule has 11 aromatic rings. The number of nitrogens with zero attached hydrogens (tertiary/aromatic N) is 3. The fourth-order valence-corrected chi connectivity index (χ4v) is 9.56. The summed E-state index contributed by atoms with van der Waals surface area (Å²) < 4.78 is 0. The maximum absolute atomic E-state index is 4.81. The first-order valence-electron chi connectivity index (χ1n) is 24.3. The predicted octanol–water partition coefficient (Wildman–Crippen LogP) is 16.4. The van der Waals surface area contributed by atoms with Crippen molar-refractivity contribution >= 4 is 21.5 Å². The average molecular weight is 1090 g/mol. The van der Waals surface area contributed by atoms with Gasteiger partial charge in [-0.1, -0.05) is 144 Å². The van der Waals surface area contributed by atoms with Gasteiger partial charge in [0.2, 0.25) is 0 Å². The molecule has 0 fully saturated rings. The molecule has 3 aromatic heterocycles. The Kier molecular flexibility index (Phi) is 13.8. The molecular weight excluding hydrogens is 1040 g/mol. The Labute approximate surface area is 431 Å². The van der Waals surface area contributed by atoms with Gasteiger partial charge in [0.1, 0.15) is 0 Å². The third-order valence-corrected chi connectivity index (χ3v) is 14.0. The van der Waals surface area contributed by atoms with E-state index in [0.29, 0.717) is 0 Å². The van der Waals surface area contributed by atoms with E-state index in [9.17, 15) is 0 Å². The second kappa shape index (κ2) is 20.8. The fourth-order valence-electron chi connectivity index (χ4n) is 9.56. The Morgan fingerprint density at radius 3 is 1.45 bits per heavy atom. The van der Waals surface area contributed by atoms with Crippen molar-refractivity contribution in [3.63, 3.8) is 0 Å². The minimum absolute atomic E-state index is 0. The van der Waals surface area contributed by atoms with E-state index in [1.807, 2.05) is 18.6 Å². The monoisotopic (exact) mass is 1090 g/mol. The first kappa shape index (κ1) is 47.1. The fraction of sp³-hybridized carbons (Fsp3) is 0.119. The molecule has 0 saturated carbocycles. The second-order valence-electron chi connectivity index (χ2n) is 18.8. The number of hydrogen-bond donors (Lipinski definition) is 0. The molecular formula is C67H52IrN3. The molecule has 0 unspecified atom stereocenters. The molecule has 3 heterocycles. The van der Waals surface area contributed by atoms with Gasteiger partial charge in [-0.25, -0.2) is 0 Å². The van der Waals surface area contributed by atoms with Crippen molar-refractivity contribution in [1.29, 1.82) is 0 Å². The van der Waals surface area contributed by atoms with E-state index in [4.69, 9.17) is 4.98 Å². The maximum atomic E-state index is 4.81. The predicted molar refractivity (Wildman–Crippen MR) is 291 cm³/mol. The number of aryl methyl sites for hydroxylation is 8. The van der Waals surface area contributed by atoms with E-state index in [-0.39, 0.29) is 20.1 Å². The molecule has 0 bridgehead atoms. The van der Waals surface area contributed by atoms with Crippen LogP contribution in [0, 0.1) is 45.9 Å². The zero-order valence-corrected chi connectivity index (χ0v) is 42.9. The molecule has 3 nitrogen and oxygen atoms in total.